The van der Waals surface area contributed by atoms with Crippen molar-refractivity contribution >= 4 is 5.91 Å². The van der Waals surface area contributed by atoms with Crippen molar-refractivity contribution < 1.29 is 9.90 Å². The number of rotatable bonds is 2. The van der Waals surface area contributed by atoms with Gasteiger partial charge in [-0.3, -0.25) is 4.79 Å². The SMILES string of the molecule is CC.CC.CC(=O)N[C@H](C)CO. The Morgan fingerprint density at radius 2 is 1.67 bits per heavy atom. The second kappa shape index (κ2) is 16.8. The lowest BCUT2D eigenvalue weighted by Gasteiger charge is -2.06. The van der Waals surface area contributed by atoms with Gasteiger partial charge in [-0.25, -0.2) is 0 Å². The monoisotopic (exact) mass is 177 g/mol. The van der Waals surface area contributed by atoms with Gasteiger partial charge in [0.2, 0.25) is 5.91 Å². The van der Waals surface area contributed by atoms with E-state index in [0.717, 1.165) is 0 Å². The van der Waals surface area contributed by atoms with Gasteiger partial charge in [0.25, 0.3) is 0 Å². The zero-order valence-corrected chi connectivity index (χ0v) is 9.14. The van der Waals surface area contributed by atoms with Crippen LogP contribution in [0.5, 0.6) is 0 Å². The van der Waals surface area contributed by atoms with E-state index >= 15 is 0 Å². The molecule has 1 atom stereocenters. The Kier molecular flexibility index (Phi) is 24.5. The van der Waals surface area contributed by atoms with Crippen molar-refractivity contribution in [3.8, 4) is 0 Å². The summed E-state index contributed by atoms with van der Waals surface area (Å²) in [6.07, 6.45) is 0. The van der Waals surface area contributed by atoms with E-state index in [0.29, 0.717) is 0 Å². The molecule has 0 aliphatic carbocycles. The van der Waals surface area contributed by atoms with Crippen LogP contribution in [0.15, 0.2) is 0 Å². The summed E-state index contributed by atoms with van der Waals surface area (Å²) in [6, 6.07) is -0.118. The van der Waals surface area contributed by atoms with Gasteiger partial charge in [0.15, 0.2) is 0 Å². The molecule has 0 aliphatic rings. The van der Waals surface area contributed by atoms with Crippen molar-refractivity contribution in [3.05, 3.63) is 0 Å². The molecule has 0 spiro atoms. The molecule has 0 saturated heterocycles. The summed E-state index contributed by atoms with van der Waals surface area (Å²) in [5, 5.41) is 10.9. The molecule has 0 aromatic rings. The maximum Gasteiger partial charge on any atom is 0.217 e. The highest BCUT2D eigenvalue weighted by Crippen LogP contribution is 1.75. The average Bonchev–Trinajstić information content (AvgIpc) is 2.10. The Bertz CT molecular complexity index is 84.6. The molecule has 0 fully saturated rings. The van der Waals surface area contributed by atoms with Crippen LogP contribution in [0.4, 0.5) is 0 Å². The molecule has 0 rings (SSSR count). The molecule has 0 aromatic heterocycles. The molecule has 0 unspecified atom stereocenters. The van der Waals surface area contributed by atoms with E-state index in [1.807, 2.05) is 27.7 Å². The first-order valence-corrected chi connectivity index (χ1v) is 4.54. The predicted octanol–water partition coefficient (Wildman–Crippen LogP) is 1.56. The molecule has 0 saturated carbocycles. The number of carbonyl (C=O) groups excluding carboxylic acids is 1. The highest BCUT2D eigenvalue weighted by Gasteiger charge is 1.97. The minimum absolute atomic E-state index is 0.000417. The first kappa shape index (κ1) is 17.5. The maximum atomic E-state index is 10.2. The van der Waals surface area contributed by atoms with Crippen molar-refractivity contribution in [3.63, 3.8) is 0 Å². The summed E-state index contributed by atoms with van der Waals surface area (Å²) in [6.45, 7) is 11.2. The van der Waals surface area contributed by atoms with Gasteiger partial charge < -0.3 is 10.4 Å². The average molecular weight is 177 g/mol. The van der Waals surface area contributed by atoms with E-state index in [-0.39, 0.29) is 18.6 Å². The van der Waals surface area contributed by atoms with Gasteiger partial charge in [-0.1, -0.05) is 27.7 Å². The fourth-order valence-corrected chi connectivity index (χ4v) is 0.393. The molecule has 2 N–H and O–H groups in total. The summed E-state index contributed by atoms with van der Waals surface area (Å²) in [7, 11) is 0. The minimum Gasteiger partial charge on any atom is -0.394 e. The van der Waals surface area contributed by atoms with E-state index in [1.165, 1.54) is 6.92 Å². The first-order chi connectivity index (χ1) is 5.66. The van der Waals surface area contributed by atoms with Crippen LogP contribution >= 0.6 is 0 Å². The normalized spacial score (nSPS) is 9.58. The van der Waals surface area contributed by atoms with Crippen LogP contribution < -0.4 is 5.32 Å². The Morgan fingerprint density at radius 1 is 1.33 bits per heavy atom. The third-order valence-corrected chi connectivity index (χ3v) is 0.724. The molecule has 0 heterocycles. The van der Waals surface area contributed by atoms with E-state index in [4.69, 9.17) is 5.11 Å². The zero-order valence-electron chi connectivity index (χ0n) is 9.14. The van der Waals surface area contributed by atoms with Gasteiger partial charge in [-0.05, 0) is 6.92 Å². The van der Waals surface area contributed by atoms with E-state index in [2.05, 4.69) is 5.32 Å². The molecule has 0 aliphatic heterocycles. The molecule has 0 radical (unpaired) electrons. The van der Waals surface area contributed by atoms with Crippen LogP contribution in [0, 0.1) is 0 Å². The number of amides is 1. The standard InChI is InChI=1S/C5H11NO2.2C2H6/c1-4(3-7)6-5(2)8;2*1-2/h4,7H,3H2,1-2H3,(H,6,8);2*1-2H3/t4-;;/m1../s1. The van der Waals surface area contributed by atoms with Crippen molar-refractivity contribution in [2.75, 3.05) is 6.61 Å². The smallest absolute Gasteiger partial charge is 0.217 e. The number of carbonyl (C=O) groups is 1. The number of hydrogen-bond acceptors (Lipinski definition) is 2. The van der Waals surface area contributed by atoms with E-state index in [9.17, 15) is 4.79 Å². The Hall–Kier alpha value is -0.570. The fourth-order valence-electron chi connectivity index (χ4n) is 0.393. The third kappa shape index (κ3) is 22.7. The highest BCUT2D eigenvalue weighted by atomic mass is 16.3. The second-order valence-electron chi connectivity index (χ2n) is 1.78. The van der Waals surface area contributed by atoms with Gasteiger partial charge >= 0.3 is 0 Å². The maximum absolute atomic E-state index is 10.2. The van der Waals surface area contributed by atoms with Crippen LogP contribution in [-0.2, 0) is 4.79 Å². The molecule has 3 nitrogen and oxygen atoms in total. The van der Waals surface area contributed by atoms with Crippen LogP contribution in [-0.4, -0.2) is 23.7 Å². The van der Waals surface area contributed by atoms with Gasteiger partial charge in [0.1, 0.15) is 0 Å². The van der Waals surface area contributed by atoms with Gasteiger partial charge in [-0.2, -0.15) is 0 Å². The Labute approximate surface area is 76.2 Å². The lowest BCUT2D eigenvalue weighted by molar-refractivity contribution is -0.119. The topological polar surface area (TPSA) is 49.3 Å². The Balaban J connectivity index is -0.000000175. The van der Waals surface area contributed by atoms with Crippen LogP contribution in [0.3, 0.4) is 0 Å². The molecule has 1 amide bonds. The molecule has 0 bridgehead atoms. The molecular weight excluding hydrogens is 154 g/mol. The first-order valence-electron chi connectivity index (χ1n) is 4.54. The Morgan fingerprint density at radius 3 is 1.75 bits per heavy atom. The summed E-state index contributed by atoms with van der Waals surface area (Å²) >= 11 is 0. The fraction of sp³-hybridized carbons (Fsp3) is 0.889. The largest absolute Gasteiger partial charge is 0.394 e. The van der Waals surface area contributed by atoms with Crippen LogP contribution in [0.25, 0.3) is 0 Å². The number of nitrogens with one attached hydrogen (secondary N) is 1. The molecule has 12 heavy (non-hydrogen) atoms. The minimum atomic E-state index is -0.118. The molecular formula is C9H23NO2. The number of aliphatic hydroxyl groups is 1. The summed E-state index contributed by atoms with van der Waals surface area (Å²) < 4.78 is 0. The zero-order chi connectivity index (χ0) is 10.6. The van der Waals surface area contributed by atoms with E-state index < -0.39 is 0 Å². The van der Waals surface area contributed by atoms with Gasteiger partial charge in [0, 0.05) is 13.0 Å². The van der Waals surface area contributed by atoms with Crippen molar-refractivity contribution in [1.82, 2.24) is 5.32 Å². The number of aliphatic hydroxyl groups excluding tert-OH is 1. The van der Waals surface area contributed by atoms with Crippen molar-refractivity contribution in [2.45, 2.75) is 47.6 Å². The number of hydrogen-bond donors (Lipinski definition) is 2. The third-order valence-electron chi connectivity index (χ3n) is 0.724. The predicted molar refractivity (Wildman–Crippen MR) is 53.1 cm³/mol. The lowest BCUT2D eigenvalue weighted by atomic mass is 10.4. The molecule has 0 aromatic carbocycles. The van der Waals surface area contributed by atoms with Gasteiger partial charge in [-0.15, -0.1) is 0 Å². The second-order valence-corrected chi connectivity index (χ2v) is 1.78. The summed E-state index contributed by atoms with van der Waals surface area (Å²) in [4.78, 5) is 10.2. The van der Waals surface area contributed by atoms with Crippen molar-refractivity contribution in [1.29, 1.82) is 0 Å². The highest BCUT2D eigenvalue weighted by molar-refractivity contribution is 5.73. The van der Waals surface area contributed by atoms with Crippen LogP contribution in [0.1, 0.15) is 41.5 Å². The van der Waals surface area contributed by atoms with Crippen molar-refractivity contribution in [2.24, 2.45) is 0 Å². The van der Waals surface area contributed by atoms with Gasteiger partial charge in [0.05, 0.1) is 6.61 Å². The van der Waals surface area contributed by atoms with E-state index in [1.54, 1.807) is 6.92 Å². The lowest BCUT2D eigenvalue weighted by Crippen LogP contribution is -2.32. The summed E-state index contributed by atoms with van der Waals surface area (Å²) in [5.41, 5.74) is 0. The molecule has 3 heteroatoms. The quantitative estimate of drug-likeness (QED) is 0.672. The van der Waals surface area contributed by atoms with Crippen LogP contribution in [0.2, 0.25) is 0 Å². The molecule has 76 valence electrons. The summed E-state index contributed by atoms with van der Waals surface area (Å²) in [5.74, 6) is -0.105.